The van der Waals surface area contributed by atoms with Crippen LogP contribution in [-0.4, -0.2) is 22.2 Å². The van der Waals surface area contributed by atoms with Crippen molar-refractivity contribution in [3.8, 4) is 6.07 Å². The molecule has 1 aromatic heterocycles. The van der Waals surface area contributed by atoms with Crippen LogP contribution in [0.4, 0.5) is 0 Å². The number of thiophene rings is 1. The molecule has 0 aliphatic carbocycles. The zero-order valence-electron chi connectivity index (χ0n) is 6.85. The summed E-state index contributed by atoms with van der Waals surface area (Å²) in [6, 6.07) is 3.07. The van der Waals surface area contributed by atoms with Crippen LogP contribution < -0.4 is 0 Å². The molecular weight excluding hydrogens is 206 g/mol. The van der Waals surface area contributed by atoms with E-state index in [1.54, 1.807) is 6.07 Å². The van der Waals surface area contributed by atoms with Crippen LogP contribution in [0.3, 0.4) is 0 Å². The number of carbonyl (C=O) groups is 2. The van der Waals surface area contributed by atoms with Gasteiger partial charge in [0.25, 0.3) is 0 Å². The maximum absolute atomic E-state index is 10.6. The Bertz CT molecular complexity index is 429. The van der Waals surface area contributed by atoms with E-state index in [1.807, 2.05) is 0 Å². The highest BCUT2D eigenvalue weighted by atomic mass is 32.1. The molecular formula is C8H5NO4S. The molecule has 2 N–H and O–H groups in total. The van der Waals surface area contributed by atoms with E-state index < -0.39 is 11.9 Å². The van der Waals surface area contributed by atoms with Crippen molar-refractivity contribution in [1.29, 1.82) is 5.26 Å². The van der Waals surface area contributed by atoms with Crippen molar-refractivity contribution in [2.24, 2.45) is 0 Å². The molecule has 0 spiro atoms. The van der Waals surface area contributed by atoms with E-state index in [2.05, 4.69) is 0 Å². The lowest BCUT2D eigenvalue weighted by Gasteiger charge is -1.93. The molecule has 0 fully saturated rings. The van der Waals surface area contributed by atoms with Gasteiger partial charge < -0.3 is 10.2 Å². The lowest BCUT2D eigenvalue weighted by Crippen LogP contribution is -2.04. The van der Waals surface area contributed by atoms with E-state index in [9.17, 15) is 9.59 Å². The topological polar surface area (TPSA) is 98.4 Å². The van der Waals surface area contributed by atoms with Crippen LogP contribution in [0.5, 0.6) is 0 Å². The Morgan fingerprint density at radius 3 is 2.57 bits per heavy atom. The Labute approximate surface area is 82.8 Å². The van der Waals surface area contributed by atoms with Crippen molar-refractivity contribution in [3.05, 3.63) is 21.4 Å². The molecule has 14 heavy (non-hydrogen) atoms. The molecule has 0 saturated heterocycles. The van der Waals surface area contributed by atoms with Crippen molar-refractivity contribution < 1.29 is 19.8 Å². The van der Waals surface area contributed by atoms with Gasteiger partial charge in [-0.15, -0.1) is 11.3 Å². The number of hydrogen-bond donors (Lipinski definition) is 2. The minimum Gasteiger partial charge on any atom is -0.481 e. The van der Waals surface area contributed by atoms with E-state index in [4.69, 9.17) is 15.5 Å². The van der Waals surface area contributed by atoms with Crippen molar-refractivity contribution in [3.63, 3.8) is 0 Å². The van der Waals surface area contributed by atoms with Crippen LogP contribution in [0, 0.1) is 11.3 Å². The Kier molecular flexibility index (Phi) is 2.84. The first-order chi connectivity index (χ1) is 6.54. The Balaban J connectivity index is 3.13. The number of aliphatic carboxylic acids is 1. The van der Waals surface area contributed by atoms with Crippen molar-refractivity contribution in [2.45, 2.75) is 6.42 Å². The molecule has 0 radical (unpaired) electrons. The summed E-state index contributed by atoms with van der Waals surface area (Å²) in [6.07, 6.45) is -0.375. The minimum atomic E-state index is -1.20. The smallest absolute Gasteiger partial charge is 0.346 e. The Morgan fingerprint density at radius 1 is 1.50 bits per heavy atom. The zero-order valence-corrected chi connectivity index (χ0v) is 7.67. The van der Waals surface area contributed by atoms with Gasteiger partial charge in [-0.2, -0.15) is 5.26 Å². The van der Waals surface area contributed by atoms with Gasteiger partial charge in [-0.3, -0.25) is 4.79 Å². The first-order valence-corrected chi connectivity index (χ1v) is 4.34. The highest BCUT2D eigenvalue weighted by molar-refractivity contribution is 7.14. The van der Waals surface area contributed by atoms with Crippen LogP contribution in [0.15, 0.2) is 6.07 Å². The normalized spacial score (nSPS) is 9.36. The summed E-state index contributed by atoms with van der Waals surface area (Å²) in [7, 11) is 0. The lowest BCUT2D eigenvalue weighted by atomic mass is 10.2. The summed E-state index contributed by atoms with van der Waals surface area (Å²) < 4.78 is 0. The number of hydrogen-bond acceptors (Lipinski definition) is 4. The molecule has 5 nitrogen and oxygen atoms in total. The van der Waals surface area contributed by atoms with Gasteiger partial charge in [-0.25, -0.2) is 4.79 Å². The van der Waals surface area contributed by atoms with Gasteiger partial charge in [0, 0.05) is 0 Å². The van der Waals surface area contributed by atoms with Gasteiger partial charge in [0.15, 0.2) is 0 Å². The van der Waals surface area contributed by atoms with Gasteiger partial charge in [0.05, 0.1) is 6.42 Å². The summed E-state index contributed by atoms with van der Waals surface area (Å²) in [6.45, 7) is 0. The third-order valence-electron chi connectivity index (χ3n) is 1.46. The molecule has 1 aromatic rings. The number of nitriles is 1. The maximum atomic E-state index is 10.6. The van der Waals surface area contributed by atoms with Gasteiger partial charge in [-0.1, -0.05) is 0 Å². The average Bonchev–Trinajstić information content (AvgIpc) is 2.46. The van der Waals surface area contributed by atoms with Gasteiger partial charge in [0.1, 0.15) is 15.8 Å². The van der Waals surface area contributed by atoms with E-state index in [-0.39, 0.29) is 21.7 Å². The summed E-state index contributed by atoms with van der Waals surface area (Å²) in [5, 5.41) is 25.7. The zero-order chi connectivity index (χ0) is 10.7. The first kappa shape index (κ1) is 10.2. The highest BCUT2D eigenvalue weighted by Gasteiger charge is 2.17. The monoisotopic (exact) mass is 211 g/mol. The highest BCUT2D eigenvalue weighted by Crippen LogP contribution is 2.22. The maximum Gasteiger partial charge on any atom is 0.346 e. The number of carboxylic acid groups (broad SMARTS) is 2. The predicted octanol–water partition coefficient (Wildman–Crippen LogP) is 0.945. The third kappa shape index (κ3) is 2.08. The van der Waals surface area contributed by atoms with Crippen molar-refractivity contribution in [2.75, 3.05) is 0 Å². The fourth-order valence-corrected chi connectivity index (χ4v) is 1.78. The van der Waals surface area contributed by atoms with Crippen LogP contribution in [0.1, 0.15) is 20.1 Å². The molecule has 0 saturated carbocycles. The van der Waals surface area contributed by atoms with Crippen LogP contribution in [-0.2, 0) is 11.2 Å². The van der Waals surface area contributed by atoms with Gasteiger partial charge in [0.2, 0.25) is 0 Å². The van der Waals surface area contributed by atoms with Crippen molar-refractivity contribution >= 4 is 23.3 Å². The summed E-state index contributed by atoms with van der Waals surface area (Å²) in [5.74, 6) is -2.32. The number of nitrogens with zero attached hydrogens (tertiary/aromatic N) is 1. The number of carboxylic acids is 2. The Morgan fingerprint density at radius 2 is 2.14 bits per heavy atom. The van der Waals surface area contributed by atoms with Crippen molar-refractivity contribution in [1.82, 2.24) is 0 Å². The molecule has 0 amide bonds. The lowest BCUT2D eigenvalue weighted by molar-refractivity contribution is -0.136. The molecule has 0 unspecified atom stereocenters. The number of aromatic carboxylic acids is 1. The molecule has 0 aliphatic rings. The van der Waals surface area contributed by atoms with E-state index in [0.29, 0.717) is 0 Å². The third-order valence-corrected chi connectivity index (χ3v) is 2.53. The number of rotatable bonds is 3. The molecule has 6 heteroatoms. The second kappa shape index (κ2) is 3.89. The second-order valence-electron chi connectivity index (χ2n) is 2.45. The fourth-order valence-electron chi connectivity index (χ4n) is 0.959. The minimum absolute atomic E-state index is 0.0797. The SMILES string of the molecule is N#Cc1cc(CC(=O)O)c(C(=O)O)s1. The largest absolute Gasteiger partial charge is 0.481 e. The van der Waals surface area contributed by atoms with Crippen LogP contribution in [0.2, 0.25) is 0 Å². The molecule has 0 atom stereocenters. The molecule has 0 aliphatic heterocycles. The molecule has 1 rings (SSSR count). The standard InChI is InChI=1S/C8H5NO4S/c9-3-5-1-4(2-6(10)11)7(14-5)8(12)13/h1H,2H2,(H,10,11)(H,12,13). The molecule has 0 bridgehead atoms. The van der Waals surface area contributed by atoms with Crippen LogP contribution in [0.25, 0.3) is 0 Å². The fraction of sp³-hybridized carbons (Fsp3) is 0.125. The summed E-state index contributed by atoms with van der Waals surface area (Å²) in [4.78, 5) is 21.1. The van der Waals surface area contributed by atoms with Gasteiger partial charge >= 0.3 is 11.9 Å². The average molecular weight is 211 g/mol. The van der Waals surface area contributed by atoms with Gasteiger partial charge in [-0.05, 0) is 11.6 Å². The second-order valence-corrected chi connectivity index (χ2v) is 3.50. The van der Waals surface area contributed by atoms with E-state index >= 15 is 0 Å². The predicted molar refractivity (Wildman–Crippen MR) is 47.3 cm³/mol. The first-order valence-electron chi connectivity index (χ1n) is 3.52. The summed E-state index contributed by atoms with van der Waals surface area (Å²) >= 11 is 0.786. The Hall–Kier alpha value is -1.87. The molecule has 1 heterocycles. The molecule has 0 aromatic carbocycles. The van der Waals surface area contributed by atoms with E-state index in [0.717, 1.165) is 11.3 Å². The molecule has 72 valence electrons. The quantitative estimate of drug-likeness (QED) is 0.775. The van der Waals surface area contributed by atoms with Crippen LogP contribution >= 0.6 is 11.3 Å². The summed E-state index contributed by atoms with van der Waals surface area (Å²) in [5.41, 5.74) is 0.173. The van der Waals surface area contributed by atoms with E-state index in [1.165, 1.54) is 6.07 Å².